The second-order valence-electron chi connectivity index (χ2n) is 3.69. The molecule has 5 heteroatoms. The summed E-state index contributed by atoms with van der Waals surface area (Å²) in [5, 5.41) is 13.2. The van der Waals surface area contributed by atoms with E-state index in [1.165, 1.54) is 0 Å². The van der Waals surface area contributed by atoms with Gasteiger partial charge in [0.1, 0.15) is 22.5 Å². The van der Waals surface area contributed by atoms with Crippen LogP contribution in [0.15, 0.2) is 36.4 Å². The van der Waals surface area contributed by atoms with Crippen LogP contribution >= 0.6 is 11.6 Å². The summed E-state index contributed by atoms with van der Waals surface area (Å²) < 4.78 is 5.11. The van der Waals surface area contributed by atoms with Crippen LogP contribution < -0.4 is 10.1 Å². The third-order valence-electron chi connectivity index (χ3n) is 2.46. The molecule has 0 amide bonds. The fraction of sp³-hybridized carbons (Fsp3) is 0.154. The zero-order valence-electron chi connectivity index (χ0n) is 9.85. The molecule has 1 aromatic heterocycles. The molecule has 0 aliphatic rings. The van der Waals surface area contributed by atoms with Gasteiger partial charge in [0.15, 0.2) is 0 Å². The number of rotatable bonds is 4. The minimum Gasteiger partial charge on any atom is -0.508 e. The van der Waals surface area contributed by atoms with Crippen LogP contribution in [0, 0.1) is 0 Å². The molecule has 0 fully saturated rings. The Hall–Kier alpha value is -1.94. The lowest BCUT2D eigenvalue weighted by molar-refractivity contribution is 0.411. The number of aromatic nitrogens is 1. The van der Waals surface area contributed by atoms with Gasteiger partial charge in [0.05, 0.1) is 7.11 Å². The normalized spacial score (nSPS) is 10.1. The standard InChI is InChI=1S/C13H13ClN2O2/c1-18-10-5-6-11(17)9(7-10)8-15-13-4-2-3-12(14)16-13/h2-7,17H,8H2,1H3,(H,15,16). The summed E-state index contributed by atoms with van der Waals surface area (Å²) in [4.78, 5) is 4.10. The van der Waals surface area contributed by atoms with E-state index < -0.39 is 0 Å². The smallest absolute Gasteiger partial charge is 0.131 e. The van der Waals surface area contributed by atoms with Gasteiger partial charge in [-0.3, -0.25) is 0 Å². The molecule has 2 N–H and O–H groups in total. The number of anilines is 1. The molecule has 1 heterocycles. The van der Waals surface area contributed by atoms with E-state index in [1.54, 1.807) is 31.4 Å². The van der Waals surface area contributed by atoms with Crippen molar-refractivity contribution in [2.45, 2.75) is 6.54 Å². The molecule has 4 nitrogen and oxygen atoms in total. The van der Waals surface area contributed by atoms with Crippen LogP contribution in [0.4, 0.5) is 5.82 Å². The highest BCUT2D eigenvalue weighted by Gasteiger charge is 2.03. The van der Waals surface area contributed by atoms with Gasteiger partial charge in [0, 0.05) is 12.1 Å². The van der Waals surface area contributed by atoms with Gasteiger partial charge < -0.3 is 15.2 Å². The molecule has 0 saturated heterocycles. The summed E-state index contributed by atoms with van der Waals surface area (Å²) in [7, 11) is 1.59. The van der Waals surface area contributed by atoms with E-state index in [9.17, 15) is 5.11 Å². The Morgan fingerprint density at radius 3 is 2.89 bits per heavy atom. The largest absolute Gasteiger partial charge is 0.508 e. The molecule has 2 aromatic rings. The van der Waals surface area contributed by atoms with Gasteiger partial charge in [0.25, 0.3) is 0 Å². The SMILES string of the molecule is COc1ccc(O)c(CNc2cccc(Cl)n2)c1. The van der Waals surface area contributed by atoms with Crippen molar-refractivity contribution in [3.8, 4) is 11.5 Å². The molecule has 2 rings (SSSR count). The highest BCUT2D eigenvalue weighted by molar-refractivity contribution is 6.29. The minimum atomic E-state index is 0.213. The fourth-order valence-electron chi connectivity index (χ4n) is 1.52. The number of hydrogen-bond acceptors (Lipinski definition) is 4. The van der Waals surface area contributed by atoms with E-state index in [0.29, 0.717) is 23.3 Å². The second-order valence-corrected chi connectivity index (χ2v) is 4.08. The van der Waals surface area contributed by atoms with E-state index in [-0.39, 0.29) is 5.75 Å². The van der Waals surface area contributed by atoms with Gasteiger partial charge in [-0.1, -0.05) is 17.7 Å². The Bertz CT molecular complexity index is 546. The maximum absolute atomic E-state index is 9.72. The Kier molecular flexibility index (Phi) is 3.89. The predicted molar refractivity (Wildman–Crippen MR) is 71.2 cm³/mol. The maximum atomic E-state index is 9.72. The van der Waals surface area contributed by atoms with Crippen molar-refractivity contribution < 1.29 is 9.84 Å². The van der Waals surface area contributed by atoms with Crippen LogP contribution in [0.2, 0.25) is 5.15 Å². The first-order valence-electron chi connectivity index (χ1n) is 5.41. The first-order chi connectivity index (χ1) is 8.69. The van der Waals surface area contributed by atoms with Crippen molar-refractivity contribution in [1.82, 2.24) is 4.98 Å². The predicted octanol–water partition coefficient (Wildman–Crippen LogP) is 3.06. The van der Waals surface area contributed by atoms with Crippen molar-refractivity contribution >= 4 is 17.4 Å². The molecule has 18 heavy (non-hydrogen) atoms. The van der Waals surface area contributed by atoms with Crippen LogP contribution in [0.25, 0.3) is 0 Å². The molecule has 0 spiro atoms. The summed E-state index contributed by atoms with van der Waals surface area (Å²) in [6.07, 6.45) is 0. The quantitative estimate of drug-likeness (QED) is 0.834. The van der Waals surface area contributed by atoms with Gasteiger partial charge in [0.2, 0.25) is 0 Å². The van der Waals surface area contributed by atoms with Crippen molar-refractivity contribution in [2.24, 2.45) is 0 Å². The van der Waals surface area contributed by atoms with Crippen molar-refractivity contribution in [2.75, 3.05) is 12.4 Å². The summed E-state index contributed by atoms with van der Waals surface area (Å²) in [5.74, 6) is 1.57. The van der Waals surface area contributed by atoms with Crippen molar-refractivity contribution in [1.29, 1.82) is 0 Å². The van der Waals surface area contributed by atoms with Crippen LogP contribution in [-0.4, -0.2) is 17.2 Å². The molecule has 0 unspecified atom stereocenters. The van der Waals surface area contributed by atoms with Gasteiger partial charge in [-0.05, 0) is 30.3 Å². The molecule has 0 aliphatic carbocycles. The molecular weight excluding hydrogens is 252 g/mol. The minimum absolute atomic E-state index is 0.213. The number of halogens is 1. The Balaban J connectivity index is 2.10. The van der Waals surface area contributed by atoms with E-state index in [1.807, 2.05) is 12.1 Å². The van der Waals surface area contributed by atoms with Crippen molar-refractivity contribution in [3.63, 3.8) is 0 Å². The summed E-state index contributed by atoms with van der Waals surface area (Å²) >= 11 is 5.79. The molecule has 0 radical (unpaired) electrons. The van der Waals surface area contributed by atoms with Gasteiger partial charge >= 0.3 is 0 Å². The lowest BCUT2D eigenvalue weighted by Gasteiger charge is -2.09. The van der Waals surface area contributed by atoms with Gasteiger partial charge in [-0.15, -0.1) is 0 Å². The average molecular weight is 265 g/mol. The number of pyridine rings is 1. The number of benzene rings is 1. The highest BCUT2D eigenvalue weighted by Crippen LogP contribution is 2.23. The molecule has 0 atom stereocenters. The van der Waals surface area contributed by atoms with E-state index >= 15 is 0 Å². The number of nitrogens with one attached hydrogen (secondary N) is 1. The maximum Gasteiger partial charge on any atom is 0.131 e. The van der Waals surface area contributed by atoms with Gasteiger partial charge in [-0.2, -0.15) is 0 Å². The number of aromatic hydroxyl groups is 1. The third-order valence-corrected chi connectivity index (χ3v) is 2.67. The van der Waals surface area contributed by atoms with Gasteiger partial charge in [-0.25, -0.2) is 4.98 Å². The molecule has 94 valence electrons. The monoisotopic (exact) mass is 264 g/mol. The molecule has 0 bridgehead atoms. The zero-order chi connectivity index (χ0) is 13.0. The first kappa shape index (κ1) is 12.5. The number of nitrogens with zero attached hydrogens (tertiary/aromatic N) is 1. The lowest BCUT2D eigenvalue weighted by Crippen LogP contribution is -2.01. The average Bonchev–Trinajstić information content (AvgIpc) is 2.38. The Morgan fingerprint density at radius 1 is 1.33 bits per heavy atom. The fourth-order valence-corrected chi connectivity index (χ4v) is 1.69. The molecule has 0 aliphatic heterocycles. The number of phenolic OH excluding ortho intramolecular Hbond substituents is 1. The highest BCUT2D eigenvalue weighted by atomic mass is 35.5. The Labute approximate surface area is 110 Å². The third kappa shape index (κ3) is 3.05. The van der Waals surface area contributed by atoms with Crippen LogP contribution in [0.5, 0.6) is 11.5 Å². The van der Waals surface area contributed by atoms with Crippen molar-refractivity contribution in [3.05, 3.63) is 47.1 Å². The number of hydrogen-bond donors (Lipinski definition) is 2. The summed E-state index contributed by atoms with van der Waals surface area (Å²) in [6.45, 7) is 0.441. The van der Waals surface area contributed by atoms with Crippen LogP contribution in [0.3, 0.4) is 0 Å². The first-order valence-corrected chi connectivity index (χ1v) is 5.79. The van der Waals surface area contributed by atoms with Crippen LogP contribution in [-0.2, 0) is 6.54 Å². The number of ether oxygens (including phenoxy) is 1. The number of phenols is 1. The van der Waals surface area contributed by atoms with E-state index in [0.717, 1.165) is 5.56 Å². The Morgan fingerprint density at radius 2 is 2.17 bits per heavy atom. The van der Waals surface area contributed by atoms with E-state index in [4.69, 9.17) is 16.3 Å². The molecular formula is C13H13ClN2O2. The molecule has 1 aromatic carbocycles. The van der Waals surface area contributed by atoms with E-state index in [2.05, 4.69) is 10.3 Å². The van der Waals surface area contributed by atoms with Crippen LogP contribution in [0.1, 0.15) is 5.56 Å². The molecule has 0 saturated carbocycles. The summed E-state index contributed by atoms with van der Waals surface area (Å²) in [6, 6.07) is 10.4. The number of methoxy groups -OCH3 is 1. The zero-order valence-corrected chi connectivity index (χ0v) is 10.6. The second kappa shape index (κ2) is 5.60. The summed E-state index contributed by atoms with van der Waals surface area (Å²) in [5.41, 5.74) is 0.733. The topological polar surface area (TPSA) is 54.4 Å². The lowest BCUT2D eigenvalue weighted by atomic mass is 10.2.